The fraction of sp³-hybridized carbons (Fsp3) is 0.125. The number of hydrogen-bond donors (Lipinski definition) is 1. The summed E-state index contributed by atoms with van der Waals surface area (Å²) in [4.78, 5) is 17.2. The van der Waals surface area contributed by atoms with Gasteiger partial charge in [0.15, 0.2) is 0 Å². The highest BCUT2D eigenvalue weighted by molar-refractivity contribution is 5.92. The van der Waals surface area contributed by atoms with Crippen LogP contribution in [-0.4, -0.2) is 25.0 Å². The van der Waals surface area contributed by atoms with E-state index >= 15 is 0 Å². The Labute approximate surface area is 118 Å². The van der Waals surface area contributed by atoms with Crippen LogP contribution in [0, 0.1) is 0 Å². The smallest absolute Gasteiger partial charge is 0.250 e. The van der Waals surface area contributed by atoms with Gasteiger partial charge in [-0.05, 0) is 35.9 Å². The molecule has 0 unspecified atom stereocenters. The zero-order chi connectivity index (χ0) is 14.5. The van der Waals surface area contributed by atoms with Crippen LogP contribution in [-0.2, 0) is 0 Å². The van der Waals surface area contributed by atoms with Crippen LogP contribution in [0.15, 0.2) is 42.6 Å². The number of pyridine rings is 1. The van der Waals surface area contributed by atoms with E-state index in [1.165, 1.54) is 6.20 Å². The number of aromatic nitrogens is 1. The van der Waals surface area contributed by atoms with Crippen LogP contribution in [0.4, 0.5) is 5.69 Å². The van der Waals surface area contributed by atoms with Crippen molar-refractivity contribution in [2.24, 2.45) is 5.73 Å². The largest absolute Gasteiger partial charge is 0.378 e. The lowest BCUT2D eigenvalue weighted by atomic mass is 10.1. The summed E-state index contributed by atoms with van der Waals surface area (Å²) in [5.74, 6) is -0.465. The van der Waals surface area contributed by atoms with E-state index in [2.05, 4.69) is 22.0 Å². The number of benzene rings is 1. The molecule has 0 radical (unpaired) electrons. The second-order valence-corrected chi connectivity index (χ2v) is 4.66. The lowest BCUT2D eigenvalue weighted by Gasteiger charge is -2.11. The van der Waals surface area contributed by atoms with Crippen molar-refractivity contribution >= 4 is 23.7 Å². The van der Waals surface area contributed by atoms with Gasteiger partial charge < -0.3 is 10.6 Å². The summed E-state index contributed by atoms with van der Waals surface area (Å²) in [6.07, 6.45) is 5.36. The third-order valence-electron chi connectivity index (χ3n) is 2.93. The molecule has 0 aliphatic rings. The molecular weight excluding hydrogens is 250 g/mol. The van der Waals surface area contributed by atoms with Gasteiger partial charge in [-0.15, -0.1) is 0 Å². The lowest BCUT2D eigenvalue weighted by molar-refractivity contribution is 0.1000. The average Bonchev–Trinajstić information content (AvgIpc) is 2.46. The van der Waals surface area contributed by atoms with Gasteiger partial charge in [0.2, 0.25) is 5.91 Å². The molecule has 1 amide bonds. The molecule has 0 fully saturated rings. The summed E-state index contributed by atoms with van der Waals surface area (Å²) in [7, 11) is 4.02. The van der Waals surface area contributed by atoms with E-state index < -0.39 is 5.91 Å². The van der Waals surface area contributed by atoms with E-state index in [9.17, 15) is 4.79 Å². The minimum absolute atomic E-state index is 0.414. The Morgan fingerprint density at radius 1 is 1.10 bits per heavy atom. The van der Waals surface area contributed by atoms with Gasteiger partial charge in [0.1, 0.15) is 0 Å². The SMILES string of the molecule is CN(C)c1ccc(C=Cc2ccc(C(N)=O)cn2)cc1. The molecule has 1 heterocycles. The molecule has 2 aromatic rings. The summed E-state index contributed by atoms with van der Waals surface area (Å²) in [5, 5.41) is 0. The molecule has 0 aliphatic carbocycles. The fourth-order valence-corrected chi connectivity index (χ4v) is 1.71. The molecule has 0 spiro atoms. The number of rotatable bonds is 4. The van der Waals surface area contributed by atoms with Crippen molar-refractivity contribution in [1.82, 2.24) is 4.98 Å². The van der Waals surface area contributed by atoms with Crippen molar-refractivity contribution in [2.75, 3.05) is 19.0 Å². The number of nitrogens with zero attached hydrogens (tertiary/aromatic N) is 2. The van der Waals surface area contributed by atoms with E-state index in [0.29, 0.717) is 5.56 Å². The fourth-order valence-electron chi connectivity index (χ4n) is 1.71. The van der Waals surface area contributed by atoms with Gasteiger partial charge in [-0.2, -0.15) is 0 Å². The highest BCUT2D eigenvalue weighted by Crippen LogP contribution is 2.14. The third-order valence-corrected chi connectivity index (χ3v) is 2.93. The molecule has 0 bridgehead atoms. The molecule has 2 rings (SSSR count). The quantitative estimate of drug-likeness (QED) is 0.925. The van der Waals surface area contributed by atoms with Crippen LogP contribution in [0.2, 0.25) is 0 Å². The van der Waals surface area contributed by atoms with Gasteiger partial charge in [-0.1, -0.05) is 18.2 Å². The highest BCUT2D eigenvalue weighted by atomic mass is 16.1. The number of nitrogens with two attached hydrogens (primary N) is 1. The Hall–Kier alpha value is -2.62. The van der Waals surface area contributed by atoms with Gasteiger partial charge in [0, 0.05) is 26.0 Å². The number of carbonyl (C=O) groups is 1. The average molecular weight is 267 g/mol. The molecule has 0 aliphatic heterocycles. The van der Waals surface area contributed by atoms with Gasteiger partial charge in [0.25, 0.3) is 0 Å². The molecule has 2 N–H and O–H groups in total. The molecule has 1 aromatic heterocycles. The second kappa shape index (κ2) is 6.02. The van der Waals surface area contributed by atoms with E-state index in [0.717, 1.165) is 16.9 Å². The summed E-state index contributed by atoms with van der Waals surface area (Å²) in [6.45, 7) is 0. The van der Waals surface area contributed by atoms with Crippen molar-refractivity contribution in [3.63, 3.8) is 0 Å². The maximum atomic E-state index is 10.9. The summed E-state index contributed by atoms with van der Waals surface area (Å²) in [6, 6.07) is 11.6. The predicted molar refractivity (Wildman–Crippen MR) is 82.5 cm³/mol. The van der Waals surface area contributed by atoms with Crippen molar-refractivity contribution in [1.29, 1.82) is 0 Å². The summed E-state index contributed by atoms with van der Waals surface area (Å²) >= 11 is 0. The molecule has 20 heavy (non-hydrogen) atoms. The Balaban J connectivity index is 2.10. The first-order valence-corrected chi connectivity index (χ1v) is 6.27. The van der Waals surface area contributed by atoms with Crippen molar-refractivity contribution < 1.29 is 4.79 Å². The standard InChI is InChI=1S/C16H17N3O/c1-19(2)15-9-4-12(5-10-15)3-7-14-8-6-13(11-18-14)16(17)20/h3-11H,1-2H3,(H2,17,20). The first-order chi connectivity index (χ1) is 9.56. The Morgan fingerprint density at radius 3 is 2.30 bits per heavy atom. The minimum atomic E-state index is -0.465. The maximum Gasteiger partial charge on any atom is 0.250 e. The van der Waals surface area contributed by atoms with Crippen molar-refractivity contribution in [3.05, 3.63) is 59.4 Å². The molecular formula is C16H17N3O. The van der Waals surface area contributed by atoms with Gasteiger partial charge in [0.05, 0.1) is 11.3 Å². The summed E-state index contributed by atoms with van der Waals surface area (Å²) < 4.78 is 0. The van der Waals surface area contributed by atoms with Crippen molar-refractivity contribution in [3.8, 4) is 0 Å². The molecule has 102 valence electrons. The molecule has 4 heteroatoms. The molecule has 4 nitrogen and oxygen atoms in total. The topological polar surface area (TPSA) is 59.2 Å². The molecule has 0 atom stereocenters. The Kier molecular flexibility index (Phi) is 4.15. The predicted octanol–water partition coefficient (Wildman–Crippen LogP) is 2.42. The zero-order valence-corrected chi connectivity index (χ0v) is 11.6. The first-order valence-electron chi connectivity index (χ1n) is 6.27. The first kappa shape index (κ1) is 13.8. The van der Waals surface area contributed by atoms with Gasteiger partial charge >= 0.3 is 0 Å². The van der Waals surface area contributed by atoms with Gasteiger partial charge in [-0.3, -0.25) is 9.78 Å². The minimum Gasteiger partial charge on any atom is -0.378 e. The van der Waals surface area contributed by atoms with Crippen LogP contribution in [0.25, 0.3) is 12.2 Å². The molecule has 0 saturated heterocycles. The van der Waals surface area contributed by atoms with E-state index in [4.69, 9.17) is 5.73 Å². The monoisotopic (exact) mass is 267 g/mol. The van der Waals surface area contributed by atoms with Crippen LogP contribution in [0.5, 0.6) is 0 Å². The number of amides is 1. The van der Waals surface area contributed by atoms with E-state index in [-0.39, 0.29) is 0 Å². The van der Waals surface area contributed by atoms with E-state index in [1.807, 2.05) is 38.4 Å². The number of primary amides is 1. The molecule has 0 saturated carbocycles. The van der Waals surface area contributed by atoms with Crippen LogP contribution >= 0.6 is 0 Å². The third kappa shape index (κ3) is 3.45. The number of hydrogen-bond acceptors (Lipinski definition) is 3. The van der Waals surface area contributed by atoms with E-state index in [1.54, 1.807) is 12.1 Å². The van der Waals surface area contributed by atoms with Gasteiger partial charge in [-0.25, -0.2) is 0 Å². The Bertz CT molecular complexity index is 613. The normalized spacial score (nSPS) is 10.7. The molecule has 1 aromatic carbocycles. The summed E-state index contributed by atoms with van der Waals surface area (Å²) in [5.41, 5.74) is 8.62. The Morgan fingerprint density at radius 2 is 1.80 bits per heavy atom. The zero-order valence-electron chi connectivity index (χ0n) is 11.6. The van der Waals surface area contributed by atoms with Crippen LogP contribution in [0.1, 0.15) is 21.6 Å². The highest BCUT2D eigenvalue weighted by Gasteiger charge is 1.99. The number of anilines is 1. The van der Waals surface area contributed by atoms with Crippen molar-refractivity contribution in [2.45, 2.75) is 0 Å². The maximum absolute atomic E-state index is 10.9. The van der Waals surface area contributed by atoms with Crippen LogP contribution < -0.4 is 10.6 Å². The van der Waals surface area contributed by atoms with Crippen LogP contribution in [0.3, 0.4) is 0 Å². The lowest BCUT2D eigenvalue weighted by Crippen LogP contribution is -2.10. The second-order valence-electron chi connectivity index (χ2n) is 4.66. The number of carbonyl (C=O) groups excluding carboxylic acids is 1.